The maximum Gasteiger partial charge on any atom is 0.336 e. The molecule has 0 atom stereocenters. The van der Waals surface area contributed by atoms with Gasteiger partial charge in [-0.15, -0.1) is 5.10 Å². The summed E-state index contributed by atoms with van der Waals surface area (Å²) in [4.78, 5) is 22.3. The summed E-state index contributed by atoms with van der Waals surface area (Å²) >= 11 is 7.09. The minimum absolute atomic E-state index is 0.0469. The molecule has 1 aromatic heterocycles. The van der Waals surface area contributed by atoms with E-state index in [-0.39, 0.29) is 11.5 Å². The molecule has 0 radical (unpaired) electrons. The molecule has 7 nitrogen and oxygen atoms in total. The molecule has 0 spiro atoms. The fourth-order valence-electron chi connectivity index (χ4n) is 1.99. The van der Waals surface area contributed by atoms with E-state index in [1.807, 2.05) is 0 Å². The Labute approximate surface area is 145 Å². The van der Waals surface area contributed by atoms with E-state index < -0.39 is 5.97 Å². The van der Waals surface area contributed by atoms with Gasteiger partial charge in [0.2, 0.25) is 5.91 Å². The van der Waals surface area contributed by atoms with Crippen LogP contribution in [0.15, 0.2) is 45.0 Å². The summed E-state index contributed by atoms with van der Waals surface area (Å²) in [6.07, 6.45) is 1.37. The lowest BCUT2D eigenvalue weighted by Gasteiger charge is -2.03. The number of carbonyl (C=O) groups is 2. The fourth-order valence-corrected chi connectivity index (χ4v) is 2.80. The SMILES string of the molecule is O=C1CS/C(=N\N=C/c2ccc(-c3ccc(Cl)cc3C(=O)O)o2)N1. The molecule has 9 heteroatoms. The summed E-state index contributed by atoms with van der Waals surface area (Å²) in [6.45, 7) is 0. The van der Waals surface area contributed by atoms with Crippen molar-refractivity contribution in [2.75, 3.05) is 5.75 Å². The number of nitrogens with one attached hydrogen (secondary N) is 1. The van der Waals surface area contributed by atoms with Gasteiger partial charge in [0, 0.05) is 10.6 Å². The normalized spacial score (nSPS) is 16.0. The van der Waals surface area contributed by atoms with E-state index in [0.717, 1.165) is 0 Å². The number of amidine groups is 1. The van der Waals surface area contributed by atoms with E-state index in [9.17, 15) is 14.7 Å². The lowest BCUT2D eigenvalue weighted by Crippen LogP contribution is -2.19. The Bertz CT molecular complexity index is 875. The number of carbonyl (C=O) groups excluding carboxylic acids is 1. The maximum atomic E-state index is 11.3. The van der Waals surface area contributed by atoms with Crippen LogP contribution in [0.3, 0.4) is 0 Å². The summed E-state index contributed by atoms with van der Waals surface area (Å²) in [6, 6.07) is 7.80. The number of hydrogen-bond acceptors (Lipinski definition) is 6. The minimum atomic E-state index is -1.10. The molecule has 122 valence electrons. The standard InChI is InChI=1S/C15H10ClN3O4S/c16-8-1-3-10(11(5-8)14(21)22)12-4-2-9(23-12)6-17-19-15-18-13(20)7-24-15/h1-6H,7H2,(H,21,22)(H,18,19,20)/b17-6-. The summed E-state index contributed by atoms with van der Waals surface area (Å²) in [5, 5.41) is 20.3. The van der Waals surface area contributed by atoms with Crippen molar-refractivity contribution < 1.29 is 19.1 Å². The van der Waals surface area contributed by atoms with Crippen LogP contribution in [0.2, 0.25) is 5.02 Å². The highest BCUT2D eigenvalue weighted by Gasteiger charge is 2.16. The maximum absolute atomic E-state index is 11.3. The Balaban J connectivity index is 1.81. The Hall–Kier alpha value is -2.58. The van der Waals surface area contributed by atoms with Crippen LogP contribution < -0.4 is 5.32 Å². The van der Waals surface area contributed by atoms with Gasteiger partial charge in [-0.1, -0.05) is 23.4 Å². The molecule has 1 aromatic carbocycles. The summed E-state index contributed by atoms with van der Waals surface area (Å²) in [5.74, 6) is -0.109. The van der Waals surface area contributed by atoms with Crippen LogP contribution in [0, 0.1) is 0 Å². The van der Waals surface area contributed by atoms with Gasteiger partial charge in [0.15, 0.2) is 5.17 Å². The third kappa shape index (κ3) is 3.66. The number of carboxylic acids is 1. The van der Waals surface area contributed by atoms with E-state index >= 15 is 0 Å². The zero-order chi connectivity index (χ0) is 17.1. The van der Waals surface area contributed by atoms with E-state index in [2.05, 4.69) is 15.5 Å². The van der Waals surface area contributed by atoms with Gasteiger partial charge in [-0.25, -0.2) is 4.79 Å². The Morgan fingerprint density at radius 2 is 2.21 bits per heavy atom. The molecule has 24 heavy (non-hydrogen) atoms. The molecule has 3 rings (SSSR count). The number of hydrogen-bond donors (Lipinski definition) is 2. The minimum Gasteiger partial charge on any atom is -0.478 e. The Morgan fingerprint density at radius 1 is 1.38 bits per heavy atom. The zero-order valence-corrected chi connectivity index (χ0v) is 13.6. The highest BCUT2D eigenvalue weighted by atomic mass is 35.5. The van der Waals surface area contributed by atoms with Crippen molar-refractivity contribution in [2.45, 2.75) is 0 Å². The van der Waals surface area contributed by atoms with Gasteiger partial charge in [-0.3, -0.25) is 4.79 Å². The highest BCUT2D eigenvalue weighted by molar-refractivity contribution is 8.15. The second-order valence-corrected chi connectivity index (χ2v) is 6.08. The van der Waals surface area contributed by atoms with Crippen molar-refractivity contribution in [3.05, 3.63) is 46.7 Å². The van der Waals surface area contributed by atoms with Gasteiger partial charge in [-0.05, 0) is 30.3 Å². The topological polar surface area (TPSA) is 104 Å². The molecule has 0 aliphatic carbocycles. The van der Waals surface area contributed by atoms with Crippen LogP contribution in [0.25, 0.3) is 11.3 Å². The number of thioether (sulfide) groups is 1. The average molecular weight is 364 g/mol. The van der Waals surface area contributed by atoms with Crippen molar-refractivity contribution in [3.63, 3.8) is 0 Å². The second-order valence-electron chi connectivity index (χ2n) is 4.68. The molecular formula is C15H10ClN3O4S. The number of rotatable bonds is 4. The van der Waals surface area contributed by atoms with Crippen LogP contribution in [-0.4, -0.2) is 34.1 Å². The number of aromatic carboxylic acids is 1. The Kier molecular flexibility index (Phi) is 4.68. The quantitative estimate of drug-likeness (QED) is 0.642. The molecule has 1 fully saturated rings. The van der Waals surface area contributed by atoms with Gasteiger partial charge in [0.1, 0.15) is 11.5 Å². The van der Waals surface area contributed by atoms with E-state index in [4.69, 9.17) is 16.0 Å². The summed E-state index contributed by atoms with van der Waals surface area (Å²) in [7, 11) is 0. The molecule has 0 saturated carbocycles. The van der Waals surface area contributed by atoms with Crippen molar-refractivity contribution in [1.29, 1.82) is 0 Å². The lowest BCUT2D eigenvalue weighted by molar-refractivity contribution is -0.116. The number of furan rings is 1. The number of halogens is 1. The van der Waals surface area contributed by atoms with Crippen LogP contribution in [0.5, 0.6) is 0 Å². The molecule has 1 saturated heterocycles. The van der Waals surface area contributed by atoms with E-state index in [0.29, 0.717) is 33.0 Å². The van der Waals surface area contributed by atoms with Gasteiger partial charge in [0.25, 0.3) is 0 Å². The molecule has 1 aliphatic heterocycles. The Morgan fingerprint density at radius 3 is 2.92 bits per heavy atom. The number of benzene rings is 1. The smallest absolute Gasteiger partial charge is 0.336 e. The van der Waals surface area contributed by atoms with Crippen LogP contribution >= 0.6 is 23.4 Å². The van der Waals surface area contributed by atoms with Crippen LogP contribution in [0.4, 0.5) is 0 Å². The molecule has 0 bridgehead atoms. The monoisotopic (exact) mass is 363 g/mol. The summed E-state index contributed by atoms with van der Waals surface area (Å²) in [5.41, 5.74) is 0.460. The predicted molar refractivity (Wildman–Crippen MR) is 91.7 cm³/mol. The van der Waals surface area contributed by atoms with Gasteiger partial charge in [0.05, 0.1) is 17.5 Å². The third-order valence-corrected chi connectivity index (χ3v) is 4.12. The molecular weight excluding hydrogens is 354 g/mol. The molecule has 1 amide bonds. The van der Waals surface area contributed by atoms with Gasteiger partial charge >= 0.3 is 5.97 Å². The second kappa shape index (κ2) is 6.90. The van der Waals surface area contributed by atoms with Crippen molar-refractivity contribution in [1.82, 2.24) is 5.32 Å². The zero-order valence-electron chi connectivity index (χ0n) is 12.0. The molecule has 2 N–H and O–H groups in total. The van der Waals surface area contributed by atoms with Crippen molar-refractivity contribution in [3.8, 4) is 11.3 Å². The predicted octanol–water partition coefficient (Wildman–Crippen LogP) is 2.85. The number of carboxylic acid groups (broad SMARTS) is 1. The number of amides is 1. The van der Waals surface area contributed by atoms with Crippen molar-refractivity contribution in [2.24, 2.45) is 10.2 Å². The first-order chi connectivity index (χ1) is 11.5. The third-order valence-electron chi connectivity index (χ3n) is 3.02. The molecule has 2 aromatic rings. The lowest BCUT2D eigenvalue weighted by atomic mass is 10.1. The number of nitrogens with zero attached hydrogens (tertiary/aromatic N) is 2. The molecule has 2 heterocycles. The van der Waals surface area contributed by atoms with E-state index in [1.54, 1.807) is 24.3 Å². The fraction of sp³-hybridized carbons (Fsp3) is 0.0667. The van der Waals surface area contributed by atoms with Crippen LogP contribution in [0.1, 0.15) is 16.1 Å². The first kappa shape index (κ1) is 16.3. The first-order valence-corrected chi connectivity index (χ1v) is 8.06. The summed E-state index contributed by atoms with van der Waals surface area (Å²) < 4.78 is 5.57. The first-order valence-electron chi connectivity index (χ1n) is 6.69. The molecule has 1 aliphatic rings. The van der Waals surface area contributed by atoms with Gasteiger partial charge < -0.3 is 14.8 Å². The highest BCUT2D eigenvalue weighted by Crippen LogP contribution is 2.28. The van der Waals surface area contributed by atoms with Gasteiger partial charge in [-0.2, -0.15) is 5.10 Å². The average Bonchev–Trinajstić information content (AvgIpc) is 3.16. The van der Waals surface area contributed by atoms with E-state index in [1.165, 1.54) is 24.0 Å². The largest absolute Gasteiger partial charge is 0.478 e. The van der Waals surface area contributed by atoms with Crippen LogP contribution in [-0.2, 0) is 4.79 Å². The van der Waals surface area contributed by atoms with Crippen molar-refractivity contribution >= 4 is 46.6 Å². The molecule has 0 unspecified atom stereocenters.